The van der Waals surface area contributed by atoms with Crippen molar-refractivity contribution in [1.82, 2.24) is 5.32 Å². The average molecular weight is 285 g/mol. The molecule has 2 rings (SSSR count). The van der Waals surface area contributed by atoms with Crippen molar-refractivity contribution in [2.75, 3.05) is 0 Å². The predicted molar refractivity (Wildman–Crippen MR) is 80.0 cm³/mol. The molecule has 0 saturated carbocycles. The van der Waals surface area contributed by atoms with Crippen molar-refractivity contribution in [3.05, 3.63) is 59.2 Å². The molecule has 0 heterocycles. The van der Waals surface area contributed by atoms with Gasteiger partial charge in [-0.1, -0.05) is 47.7 Å². The Morgan fingerprint density at radius 2 is 1.90 bits per heavy atom. The van der Waals surface area contributed by atoms with Crippen molar-refractivity contribution in [3.8, 4) is 0 Å². The van der Waals surface area contributed by atoms with Gasteiger partial charge in [0.25, 0.3) is 0 Å². The zero-order chi connectivity index (χ0) is 14.4. The second kappa shape index (κ2) is 6.91. The van der Waals surface area contributed by atoms with Crippen LogP contribution < -0.4 is 5.32 Å². The van der Waals surface area contributed by atoms with Crippen molar-refractivity contribution in [2.45, 2.75) is 23.3 Å². The smallest absolute Gasteiger partial charge is 0.207 e. The number of aryl methyl sites for hydroxylation is 1. The standard InChI is InChI=1S/C16H15NO2S/c1-12-6-7-16(14(8-12)9-17-11-19)20-15-5-3-2-4-13(15)10-18/h2-8,10-11H,9H2,1H3,(H,17,19). The molecule has 0 aliphatic carbocycles. The highest BCUT2D eigenvalue weighted by molar-refractivity contribution is 7.99. The van der Waals surface area contributed by atoms with Crippen LogP contribution in [-0.2, 0) is 11.3 Å². The molecule has 1 N–H and O–H groups in total. The normalized spacial score (nSPS) is 10.1. The molecular weight excluding hydrogens is 270 g/mol. The van der Waals surface area contributed by atoms with E-state index in [0.29, 0.717) is 18.5 Å². The van der Waals surface area contributed by atoms with Crippen LogP contribution in [0, 0.1) is 6.92 Å². The van der Waals surface area contributed by atoms with E-state index in [2.05, 4.69) is 5.32 Å². The van der Waals surface area contributed by atoms with Crippen LogP contribution in [0.4, 0.5) is 0 Å². The molecule has 0 atom stereocenters. The lowest BCUT2D eigenvalue weighted by Gasteiger charge is -2.11. The number of amides is 1. The van der Waals surface area contributed by atoms with Crippen LogP contribution in [-0.4, -0.2) is 12.7 Å². The molecule has 2 aromatic rings. The van der Waals surface area contributed by atoms with Crippen LogP contribution in [0.3, 0.4) is 0 Å². The van der Waals surface area contributed by atoms with E-state index in [1.807, 2.05) is 43.3 Å². The molecule has 20 heavy (non-hydrogen) atoms. The second-order valence-corrected chi connectivity index (χ2v) is 5.45. The van der Waals surface area contributed by atoms with E-state index in [-0.39, 0.29) is 0 Å². The Balaban J connectivity index is 2.32. The van der Waals surface area contributed by atoms with Gasteiger partial charge in [-0.2, -0.15) is 0 Å². The Kier molecular flexibility index (Phi) is 4.96. The Hall–Kier alpha value is -2.07. The number of rotatable bonds is 6. The Labute approximate surface area is 122 Å². The molecule has 0 bridgehead atoms. The summed E-state index contributed by atoms with van der Waals surface area (Å²) < 4.78 is 0. The number of carbonyl (C=O) groups is 2. The van der Waals surface area contributed by atoms with Gasteiger partial charge in [-0.05, 0) is 24.6 Å². The molecule has 102 valence electrons. The van der Waals surface area contributed by atoms with E-state index in [1.165, 1.54) is 11.8 Å². The molecule has 0 radical (unpaired) electrons. The van der Waals surface area contributed by atoms with Crippen LogP contribution in [0.15, 0.2) is 52.3 Å². The van der Waals surface area contributed by atoms with E-state index < -0.39 is 0 Å². The summed E-state index contributed by atoms with van der Waals surface area (Å²) in [5.41, 5.74) is 2.86. The summed E-state index contributed by atoms with van der Waals surface area (Å²) >= 11 is 1.54. The zero-order valence-corrected chi connectivity index (χ0v) is 11.9. The first-order valence-electron chi connectivity index (χ1n) is 6.23. The minimum atomic E-state index is 0.483. The molecule has 0 unspecified atom stereocenters. The molecule has 2 aromatic carbocycles. The van der Waals surface area contributed by atoms with Gasteiger partial charge in [0.15, 0.2) is 6.29 Å². The third-order valence-corrected chi connectivity index (χ3v) is 4.07. The minimum Gasteiger partial charge on any atom is -0.355 e. The number of nitrogens with one attached hydrogen (secondary N) is 1. The highest BCUT2D eigenvalue weighted by Gasteiger charge is 2.07. The van der Waals surface area contributed by atoms with Crippen molar-refractivity contribution >= 4 is 24.5 Å². The summed E-state index contributed by atoms with van der Waals surface area (Å²) in [6, 6.07) is 13.6. The lowest BCUT2D eigenvalue weighted by Crippen LogP contribution is -2.10. The van der Waals surface area contributed by atoms with E-state index in [0.717, 1.165) is 27.2 Å². The van der Waals surface area contributed by atoms with Crippen LogP contribution in [0.1, 0.15) is 21.5 Å². The van der Waals surface area contributed by atoms with Gasteiger partial charge >= 0.3 is 0 Å². The summed E-state index contributed by atoms with van der Waals surface area (Å²) in [6.45, 7) is 2.50. The Morgan fingerprint density at radius 3 is 2.65 bits per heavy atom. The number of hydrogen-bond donors (Lipinski definition) is 1. The van der Waals surface area contributed by atoms with Gasteiger partial charge in [-0.15, -0.1) is 0 Å². The molecule has 0 fully saturated rings. The van der Waals surface area contributed by atoms with Crippen molar-refractivity contribution in [1.29, 1.82) is 0 Å². The van der Waals surface area contributed by atoms with Gasteiger partial charge in [0.1, 0.15) is 0 Å². The van der Waals surface area contributed by atoms with Gasteiger partial charge in [0, 0.05) is 21.9 Å². The Bertz CT molecular complexity index is 626. The topological polar surface area (TPSA) is 46.2 Å². The van der Waals surface area contributed by atoms with Crippen LogP contribution in [0.25, 0.3) is 0 Å². The lowest BCUT2D eigenvalue weighted by atomic mass is 10.1. The minimum absolute atomic E-state index is 0.483. The van der Waals surface area contributed by atoms with Gasteiger partial charge in [-0.25, -0.2) is 0 Å². The lowest BCUT2D eigenvalue weighted by molar-refractivity contribution is -0.109. The quantitative estimate of drug-likeness (QED) is 0.829. The summed E-state index contributed by atoms with van der Waals surface area (Å²) in [4.78, 5) is 23.5. The highest BCUT2D eigenvalue weighted by Crippen LogP contribution is 2.32. The molecule has 0 spiro atoms. The predicted octanol–water partition coefficient (Wildman–Crippen LogP) is 3.20. The third kappa shape index (κ3) is 3.48. The Morgan fingerprint density at radius 1 is 1.10 bits per heavy atom. The van der Waals surface area contributed by atoms with E-state index in [9.17, 15) is 9.59 Å². The fraction of sp³-hybridized carbons (Fsp3) is 0.125. The van der Waals surface area contributed by atoms with Crippen molar-refractivity contribution in [2.24, 2.45) is 0 Å². The maximum absolute atomic E-state index is 11.1. The fourth-order valence-corrected chi connectivity index (χ4v) is 2.90. The molecule has 0 saturated heterocycles. The van der Waals surface area contributed by atoms with E-state index >= 15 is 0 Å². The van der Waals surface area contributed by atoms with Crippen LogP contribution >= 0.6 is 11.8 Å². The average Bonchev–Trinajstić information content (AvgIpc) is 2.48. The molecule has 0 aliphatic rings. The van der Waals surface area contributed by atoms with E-state index in [1.54, 1.807) is 6.07 Å². The monoisotopic (exact) mass is 285 g/mol. The second-order valence-electron chi connectivity index (χ2n) is 4.37. The fourth-order valence-electron chi connectivity index (χ4n) is 1.89. The SMILES string of the molecule is Cc1ccc(Sc2ccccc2C=O)c(CNC=O)c1. The molecule has 0 aliphatic heterocycles. The largest absolute Gasteiger partial charge is 0.355 e. The number of benzene rings is 2. The summed E-state index contributed by atoms with van der Waals surface area (Å²) in [5, 5.41) is 2.68. The summed E-state index contributed by atoms with van der Waals surface area (Å²) in [5.74, 6) is 0. The zero-order valence-electron chi connectivity index (χ0n) is 11.1. The molecule has 0 aromatic heterocycles. The molecular formula is C16H15NO2S. The number of hydrogen-bond acceptors (Lipinski definition) is 3. The molecule has 4 heteroatoms. The molecule has 3 nitrogen and oxygen atoms in total. The van der Waals surface area contributed by atoms with Gasteiger partial charge < -0.3 is 5.32 Å². The first-order valence-corrected chi connectivity index (χ1v) is 7.05. The summed E-state index contributed by atoms with van der Waals surface area (Å²) in [7, 11) is 0. The first-order chi connectivity index (χ1) is 9.74. The third-order valence-electron chi connectivity index (χ3n) is 2.86. The van der Waals surface area contributed by atoms with Crippen molar-refractivity contribution in [3.63, 3.8) is 0 Å². The molecule has 1 amide bonds. The van der Waals surface area contributed by atoms with Gasteiger partial charge in [-0.3, -0.25) is 9.59 Å². The van der Waals surface area contributed by atoms with Crippen LogP contribution in [0.2, 0.25) is 0 Å². The maximum atomic E-state index is 11.1. The maximum Gasteiger partial charge on any atom is 0.207 e. The van der Waals surface area contributed by atoms with Gasteiger partial charge in [0.05, 0.1) is 0 Å². The number of aldehydes is 1. The van der Waals surface area contributed by atoms with Crippen molar-refractivity contribution < 1.29 is 9.59 Å². The van der Waals surface area contributed by atoms with E-state index in [4.69, 9.17) is 0 Å². The van der Waals surface area contributed by atoms with Crippen LogP contribution in [0.5, 0.6) is 0 Å². The summed E-state index contributed by atoms with van der Waals surface area (Å²) in [6.07, 6.45) is 1.55. The first kappa shape index (κ1) is 14.3. The number of carbonyl (C=O) groups excluding carboxylic acids is 2. The van der Waals surface area contributed by atoms with Gasteiger partial charge in [0.2, 0.25) is 6.41 Å². The highest BCUT2D eigenvalue weighted by atomic mass is 32.2.